The van der Waals surface area contributed by atoms with E-state index in [1.165, 1.54) is 12.8 Å². The summed E-state index contributed by atoms with van der Waals surface area (Å²) in [5, 5.41) is 5.72. The Kier molecular flexibility index (Phi) is 5.29. The lowest BCUT2D eigenvalue weighted by molar-refractivity contribution is -0.115. The van der Waals surface area contributed by atoms with Gasteiger partial charge in [0, 0.05) is 0 Å². The zero-order valence-electron chi connectivity index (χ0n) is 11.1. The average molecular weight is 284 g/mol. The molecule has 110 valence electrons. The van der Waals surface area contributed by atoms with E-state index in [2.05, 4.69) is 10.6 Å². The van der Waals surface area contributed by atoms with Crippen molar-refractivity contribution in [1.29, 1.82) is 0 Å². The molecular weight excluding hydrogens is 266 g/mol. The van der Waals surface area contributed by atoms with Gasteiger partial charge in [0.15, 0.2) is 0 Å². The molecule has 2 N–H and O–H groups in total. The predicted molar refractivity (Wildman–Crippen MR) is 72.2 cm³/mol. The highest BCUT2D eigenvalue weighted by atomic mass is 19.3. The normalized spacial score (nSPS) is 14.3. The van der Waals surface area contributed by atoms with Crippen molar-refractivity contribution in [3.63, 3.8) is 0 Å². The molecule has 0 saturated heterocycles. The third-order valence-corrected chi connectivity index (χ3v) is 2.94. The summed E-state index contributed by atoms with van der Waals surface area (Å²) in [6.45, 7) is 0.365. The van der Waals surface area contributed by atoms with E-state index in [0.29, 0.717) is 11.6 Å². The fourth-order valence-electron chi connectivity index (χ4n) is 1.75. The second-order valence-electron chi connectivity index (χ2n) is 4.82. The van der Waals surface area contributed by atoms with Crippen molar-refractivity contribution in [3.8, 4) is 5.75 Å². The standard InChI is InChI=1S/C14H18F2N2O2/c15-13(16)9-20-12-4-2-1-3-11(12)18-14(19)8-17-7-10-5-6-10/h1-4,10,13,17H,5-9H2,(H,18,19). The summed E-state index contributed by atoms with van der Waals surface area (Å²) in [6, 6.07) is 6.56. The molecule has 4 nitrogen and oxygen atoms in total. The van der Waals surface area contributed by atoms with Crippen LogP contribution in [0.4, 0.5) is 14.5 Å². The molecule has 20 heavy (non-hydrogen) atoms. The molecule has 0 radical (unpaired) electrons. The molecule has 2 rings (SSSR count). The first-order valence-corrected chi connectivity index (χ1v) is 6.65. The van der Waals surface area contributed by atoms with Gasteiger partial charge in [0.1, 0.15) is 12.4 Å². The minimum absolute atomic E-state index is 0.208. The van der Waals surface area contributed by atoms with Crippen molar-refractivity contribution in [2.75, 3.05) is 25.0 Å². The number of benzene rings is 1. The lowest BCUT2D eigenvalue weighted by Gasteiger charge is -2.12. The van der Waals surface area contributed by atoms with Crippen molar-refractivity contribution in [3.05, 3.63) is 24.3 Å². The van der Waals surface area contributed by atoms with E-state index in [4.69, 9.17) is 4.74 Å². The molecule has 1 aliphatic rings. The third-order valence-electron chi connectivity index (χ3n) is 2.94. The largest absolute Gasteiger partial charge is 0.485 e. The lowest BCUT2D eigenvalue weighted by atomic mass is 10.3. The van der Waals surface area contributed by atoms with Crippen LogP contribution in [-0.2, 0) is 4.79 Å². The summed E-state index contributed by atoms with van der Waals surface area (Å²) in [6.07, 6.45) is -0.100. The summed E-state index contributed by atoms with van der Waals surface area (Å²) >= 11 is 0. The SMILES string of the molecule is O=C(CNCC1CC1)Nc1ccccc1OCC(F)F. The predicted octanol–water partition coefficient (Wildman–Crippen LogP) is 2.27. The van der Waals surface area contributed by atoms with Gasteiger partial charge in [0.2, 0.25) is 5.91 Å². The zero-order valence-corrected chi connectivity index (χ0v) is 11.1. The lowest BCUT2D eigenvalue weighted by Crippen LogP contribution is -2.29. The van der Waals surface area contributed by atoms with E-state index < -0.39 is 13.0 Å². The Morgan fingerprint density at radius 2 is 2.10 bits per heavy atom. The van der Waals surface area contributed by atoms with Gasteiger partial charge in [-0.25, -0.2) is 8.78 Å². The van der Waals surface area contributed by atoms with Gasteiger partial charge in [-0.1, -0.05) is 12.1 Å². The van der Waals surface area contributed by atoms with Gasteiger partial charge < -0.3 is 15.4 Å². The second-order valence-corrected chi connectivity index (χ2v) is 4.82. The number of hydrogen-bond acceptors (Lipinski definition) is 3. The molecule has 1 aromatic carbocycles. The minimum Gasteiger partial charge on any atom is -0.485 e. The molecule has 0 atom stereocenters. The summed E-state index contributed by atoms with van der Waals surface area (Å²) in [4.78, 5) is 11.7. The molecular formula is C14H18F2N2O2. The van der Waals surface area contributed by atoms with Crippen LogP contribution in [-0.4, -0.2) is 32.0 Å². The monoisotopic (exact) mass is 284 g/mol. The number of hydrogen-bond donors (Lipinski definition) is 2. The van der Waals surface area contributed by atoms with Crippen LogP contribution in [0.1, 0.15) is 12.8 Å². The number of anilines is 1. The van der Waals surface area contributed by atoms with Crippen molar-refractivity contribution in [2.24, 2.45) is 5.92 Å². The van der Waals surface area contributed by atoms with Crippen LogP contribution in [0.2, 0.25) is 0 Å². The van der Waals surface area contributed by atoms with E-state index in [9.17, 15) is 13.6 Å². The summed E-state index contributed by atoms with van der Waals surface area (Å²) < 4.78 is 29.2. The molecule has 1 aromatic rings. The highest BCUT2D eigenvalue weighted by Crippen LogP contribution is 2.27. The smallest absolute Gasteiger partial charge is 0.272 e. The number of para-hydroxylation sites is 2. The van der Waals surface area contributed by atoms with Crippen molar-refractivity contribution in [1.82, 2.24) is 5.32 Å². The van der Waals surface area contributed by atoms with Gasteiger partial charge in [-0.2, -0.15) is 0 Å². The second kappa shape index (κ2) is 7.19. The first-order valence-electron chi connectivity index (χ1n) is 6.65. The van der Waals surface area contributed by atoms with Gasteiger partial charge in [-0.3, -0.25) is 4.79 Å². The van der Waals surface area contributed by atoms with Gasteiger partial charge in [0.05, 0.1) is 12.2 Å². The quantitative estimate of drug-likeness (QED) is 0.770. The molecule has 0 aliphatic heterocycles. The van der Waals surface area contributed by atoms with Crippen LogP contribution in [0.25, 0.3) is 0 Å². The Hall–Kier alpha value is -1.69. The number of rotatable bonds is 8. The fraction of sp³-hybridized carbons (Fsp3) is 0.500. The number of alkyl halides is 2. The third kappa shape index (κ3) is 5.13. The maximum absolute atomic E-state index is 12.1. The van der Waals surface area contributed by atoms with E-state index in [1.807, 2.05) is 0 Å². The van der Waals surface area contributed by atoms with Crippen molar-refractivity contribution >= 4 is 11.6 Å². The Bertz CT molecular complexity index is 451. The van der Waals surface area contributed by atoms with Crippen LogP contribution in [0.15, 0.2) is 24.3 Å². The zero-order chi connectivity index (χ0) is 14.4. The topological polar surface area (TPSA) is 50.4 Å². The Morgan fingerprint density at radius 1 is 1.35 bits per heavy atom. The van der Waals surface area contributed by atoms with Crippen LogP contribution in [0, 0.1) is 5.92 Å². The van der Waals surface area contributed by atoms with Crippen LogP contribution in [0.3, 0.4) is 0 Å². The summed E-state index contributed by atoms with van der Waals surface area (Å²) in [5.74, 6) is 0.742. The van der Waals surface area contributed by atoms with Crippen LogP contribution in [0.5, 0.6) is 5.75 Å². The molecule has 1 fully saturated rings. The van der Waals surface area contributed by atoms with Gasteiger partial charge in [0.25, 0.3) is 6.43 Å². The van der Waals surface area contributed by atoms with Crippen LogP contribution >= 0.6 is 0 Å². The molecule has 0 spiro atoms. The Labute approximate surface area is 116 Å². The van der Waals surface area contributed by atoms with E-state index in [-0.39, 0.29) is 18.2 Å². The highest BCUT2D eigenvalue weighted by molar-refractivity contribution is 5.93. The first kappa shape index (κ1) is 14.7. The molecule has 1 amide bonds. The number of nitrogens with one attached hydrogen (secondary N) is 2. The number of carbonyl (C=O) groups excluding carboxylic acids is 1. The minimum atomic E-state index is -2.54. The molecule has 0 bridgehead atoms. The van der Waals surface area contributed by atoms with Gasteiger partial charge in [-0.15, -0.1) is 0 Å². The molecule has 1 saturated carbocycles. The molecule has 1 aliphatic carbocycles. The first-order chi connectivity index (χ1) is 9.65. The van der Waals surface area contributed by atoms with E-state index >= 15 is 0 Å². The Balaban J connectivity index is 1.81. The summed E-state index contributed by atoms with van der Waals surface area (Å²) in [7, 11) is 0. The summed E-state index contributed by atoms with van der Waals surface area (Å²) in [5.41, 5.74) is 0.409. The Morgan fingerprint density at radius 3 is 2.80 bits per heavy atom. The van der Waals surface area contributed by atoms with E-state index in [0.717, 1.165) is 6.54 Å². The van der Waals surface area contributed by atoms with Crippen LogP contribution < -0.4 is 15.4 Å². The number of ether oxygens (including phenoxy) is 1. The number of halogens is 2. The van der Waals surface area contributed by atoms with Crippen molar-refractivity contribution < 1.29 is 18.3 Å². The molecule has 0 aromatic heterocycles. The number of amides is 1. The molecule has 0 heterocycles. The fourth-order valence-corrected chi connectivity index (χ4v) is 1.75. The van der Waals surface area contributed by atoms with Crippen molar-refractivity contribution in [2.45, 2.75) is 19.3 Å². The maximum atomic E-state index is 12.1. The average Bonchev–Trinajstić information content (AvgIpc) is 3.22. The number of carbonyl (C=O) groups is 1. The molecule has 6 heteroatoms. The molecule has 0 unspecified atom stereocenters. The highest BCUT2D eigenvalue weighted by Gasteiger charge is 2.20. The van der Waals surface area contributed by atoms with Gasteiger partial charge >= 0.3 is 0 Å². The van der Waals surface area contributed by atoms with E-state index in [1.54, 1.807) is 24.3 Å². The maximum Gasteiger partial charge on any atom is 0.272 e. The van der Waals surface area contributed by atoms with Gasteiger partial charge in [-0.05, 0) is 37.4 Å².